The quantitative estimate of drug-likeness (QED) is 0.762. The lowest BCUT2D eigenvalue weighted by molar-refractivity contribution is -0.122. The first-order chi connectivity index (χ1) is 12.6. The summed E-state index contributed by atoms with van der Waals surface area (Å²) in [5.41, 5.74) is 2.38. The number of amides is 2. The van der Waals surface area contributed by atoms with E-state index in [4.69, 9.17) is 4.74 Å². The highest BCUT2D eigenvalue weighted by atomic mass is 16.5. The second kappa shape index (κ2) is 6.36. The number of para-hydroxylation sites is 1. The van der Waals surface area contributed by atoms with Crippen molar-refractivity contribution in [2.24, 2.45) is 0 Å². The normalized spacial score (nSPS) is 15.6. The van der Waals surface area contributed by atoms with Crippen molar-refractivity contribution in [1.82, 2.24) is 9.55 Å². The van der Waals surface area contributed by atoms with Gasteiger partial charge in [-0.05, 0) is 37.3 Å². The smallest absolute Gasteiger partial charge is 0.265 e. The summed E-state index contributed by atoms with van der Waals surface area (Å²) in [6, 6.07) is 12.5. The molecule has 0 saturated heterocycles. The van der Waals surface area contributed by atoms with E-state index in [1.807, 2.05) is 29.0 Å². The first-order valence-corrected chi connectivity index (χ1v) is 8.12. The highest BCUT2D eigenvalue weighted by molar-refractivity contribution is 6.09. The molecule has 1 aliphatic rings. The molecular weight excluding hydrogens is 332 g/mol. The number of nitrogens with one attached hydrogen (secondary N) is 2. The number of nitrogens with zero attached hydrogens (tertiary/aromatic N) is 2. The summed E-state index contributed by atoms with van der Waals surface area (Å²) in [5.74, 6) is -0.168. The number of hydrogen-bond acceptors (Lipinski definition) is 4. The number of benzene rings is 2. The Morgan fingerprint density at radius 1 is 1.27 bits per heavy atom. The van der Waals surface area contributed by atoms with Crippen LogP contribution in [0.25, 0.3) is 5.69 Å². The van der Waals surface area contributed by atoms with Crippen LogP contribution in [0.15, 0.2) is 61.2 Å². The number of aromatic nitrogens is 2. The van der Waals surface area contributed by atoms with E-state index in [1.165, 1.54) is 0 Å². The fraction of sp³-hybridized carbons (Fsp3) is 0.105. The molecule has 0 spiro atoms. The maximum absolute atomic E-state index is 12.7. The lowest BCUT2D eigenvalue weighted by Gasteiger charge is -2.25. The molecular formula is C19H16N4O3. The molecule has 2 aromatic carbocycles. The fourth-order valence-corrected chi connectivity index (χ4v) is 2.76. The van der Waals surface area contributed by atoms with Gasteiger partial charge < -0.3 is 19.9 Å². The third kappa shape index (κ3) is 2.90. The summed E-state index contributed by atoms with van der Waals surface area (Å²) in [7, 11) is 0. The highest BCUT2D eigenvalue weighted by Crippen LogP contribution is 2.33. The Bertz CT molecular complexity index is 982. The number of ether oxygens (including phenoxy) is 1. The molecule has 2 N–H and O–H groups in total. The third-order valence-electron chi connectivity index (χ3n) is 4.09. The van der Waals surface area contributed by atoms with Crippen molar-refractivity contribution in [3.05, 3.63) is 66.7 Å². The molecule has 1 aromatic heterocycles. The number of imidazole rings is 1. The van der Waals surface area contributed by atoms with Crippen LogP contribution in [0.3, 0.4) is 0 Å². The summed E-state index contributed by atoms with van der Waals surface area (Å²) in [4.78, 5) is 28.5. The Hall–Kier alpha value is -3.61. The molecule has 0 radical (unpaired) electrons. The second-order valence-electron chi connectivity index (χ2n) is 5.91. The minimum atomic E-state index is -0.652. The van der Waals surface area contributed by atoms with Crippen LogP contribution in [-0.2, 0) is 4.79 Å². The van der Waals surface area contributed by atoms with Gasteiger partial charge in [-0.1, -0.05) is 12.1 Å². The summed E-state index contributed by atoms with van der Waals surface area (Å²) in [6.07, 6.45) is 4.55. The number of anilines is 2. The van der Waals surface area contributed by atoms with Gasteiger partial charge >= 0.3 is 0 Å². The van der Waals surface area contributed by atoms with Crippen LogP contribution in [0.5, 0.6) is 5.75 Å². The van der Waals surface area contributed by atoms with Crippen LogP contribution < -0.4 is 15.4 Å². The van der Waals surface area contributed by atoms with Gasteiger partial charge in [-0.3, -0.25) is 9.59 Å². The SMILES string of the molecule is C[C@H]1Oc2c(cccc2C(=O)Nc2cccc(-n3ccnc3)c2)NC1=O. The van der Waals surface area contributed by atoms with Crippen molar-refractivity contribution in [2.45, 2.75) is 13.0 Å². The fourth-order valence-electron chi connectivity index (χ4n) is 2.76. The number of hydrogen-bond donors (Lipinski definition) is 2. The lowest BCUT2D eigenvalue weighted by atomic mass is 10.1. The molecule has 0 unspecified atom stereocenters. The van der Waals surface area contributed by atoms with E-state index in [1.54, 1.807) is 43.7 Å². The Morgan fingerprint density at radius 2 is 2.12 bits per heavy atom. The van der Waals surface area contributed by atoms with Gasteiger partial charge in [0.15, 0.2) is 11.9 Å². The molecule has 1 aliphatic heterocycles. The largest absolute Gasteiger partial charge is 0.478 e. The van der Waals surface area contributed by atoms with E-state index in [0.29, 0.717) is 22.7 Å². The molecule has 7 heteroatoms. The van der Waals surface area contributed by atoms with Crippen molar-refractivity contribution in [2.75, 3.05) is 10.6 Å². The summed E-state index contributed by atoms with van der Waals surface area (Å²) in [5, 5.41) is 5.61. The average molecular weight is 348 g/mol. The van der Waals surface area contributed by atoms with Gasteiger partial charge in [-0.25, -0.2) is 4.98 Å². The Balaban J connectivity index is 1.61. The molecule has 26 heavy (non-hydrogen) atoms. The number of fused-ring (bicyclic) bond motifs is 1. The predicted octanol–water partition coefficient (Wildman–Crippen LogP) is 2.84. The van der Waals surface area contributed by atoms with E-state index in [2.05, 4.69) is 15.6 Å². The number of carbonyl (C=O) groups excluding carboxylic acids is 2. The van der Waals surface area contributed by atoms with Crippen LogP contribution in [-0.4, -0.2) is 27.5 Å². The Kier molecular flexibility index (Phi) is 3.89. The van der Waals surface area contributed by atoms with Gasteiger partial charge in [0, 0.05) is 23.8 Å². The minimum Gasteiger partial charge on any atom is -0.478 e. The lowest BCUT2D eigenvalue weighted by Crippen LogP contribution is -2.35. The molecule has 7 nitrogen and oxygen atoms in total. The van der Waals surface area contributed by atoms with Crippen molar-refractivity contribution in [1.29, 1.82) is 0 Å². The summed E-state index contributed by atoms with van der Waals surface area (Å²) in [6.45, 7) is 1.64. The average Bonchev–Trinajstić information content (AvgIpc) is 3.17. The maximum atomic E-state index is 12.7. The summed E-state index contributed by atoms with van der Waals surface area (Å²) < 4.78 is 7.48. The Morgan fingerprint density at radius 3 is 2.92 bits per heavy atom. The molecule has 0 saturated carbocycles. The van der Waals surface area contributed by atoms with Gasteiger partial charge in [0.2, 0.25) is 0 Å². The van der Waals surface area contributed by atoms with Crippen molar-refractivity contribution in [3.8, 4) is 11.4 Å². The topological polar surface area (TPSA) is 85.2 Å². The molecule has 2 amide bonds. The van der Waals surface area contributed by atoms with Crippen LogP contribution in [0.1, 0.15) is 17.3 Å². The predicted molar refractivity (Wildman–Crippen MR) is 96.7 cm³/mol. The number of rotatable bonds is 3. The van der Waals surface area contributed by atoms with Gasteiger partial charge in [0.25, 0.3) is 11.8 Å². The van der Waals surface area contributed by atoms with Crippen LogP contribution >= 0.6 is 0 Å². The standard InChI is InChI=1S/C19H16N4O3/c1-12-18(24)22-16-7-3-6-15(17(16)26-12)19(25)21-13-4-2-5-14(10-13)23-9-8-20-11-23/h2-12H,1H3,(H,21,25)(H,22,24)/t12-/m1/s1. The summed E-state index contributed by atoms with van der Waals surface area (Å²) >= 11 is 0. The van der Waals surface area contributed by atoms with Crippen molar-refractivity contribution >= 4 is 23.2 Å². The zero-order valence-electron chi connectivity index (χ0n) is 14.0. The van der Waals surface area contributed by atoms with Crippen LogP contribution in [0.2, 0.25) is 0 Å². The van der Waals surface area contributed by atoms with Crippen LogP contribution in [0, 0.1) is 0 Å². The molecule has 0 fully saturated rings. The molecule has 3 aromatic rings. The first-order valence-electron chi connectivity index (χ1n) is 8.12. The highest BCUT2D eigenvalue weighted by Gasteiger charge is 2.27. The van der Waals surface area contributed by atoms with Gasteiger partial charge in [0.1, 0.15) is 0 Å². The van der Waals surface area contributed by atoms with Gasteiger partial charge in [-0.15, -0.1) is 0 Å². The number of carbonyl (C=O) groups is 2. The van der Waals surface area contributed by atoms with Gasteiger partial charge in [0.05, 0.1) is 17.6 Å². The van der Waals surface area contributed by atoms with E-state index in [9.17, 15) is 9.59 Å². The minimum absolute atomic E-state index is 0.233. The zero-order chi connectivity index (χ0) is 18.1. The zero-order valence-corrected chi connectivity index (χ0v) is 14.0. The maximum Gasteiger partial charge on any atom is 0.265 e. The monoisotopic (exact) mass is 348 g/mol. The Labute approximate surface area is 149 Å². The second-order valence-corrected chi connectivity index (χ2v) is 5.91. The molecule has 4 rings (SSSR count). The molecule has 2 heterocycles. The van der Waals surface area contributed by atoms with E-state index in [0.717, 1.165) is 5.69 Å². The van der Waals surface area contributed by atoms with E-state index in [-0.39, 0.29) is 11.8 Å². The van der Waals surface area contributed by atoms with E-state index < -0.39 is 6.10 Å². The molecule has 0 bridgehead atoms. The van der Waals surface area contributed by atoms with Crippen molar-refractivity contribution in [3.63, 3.8) is 0 Å². The molecule has 1 atom stereocenters. The first kappa shape index (κ1) is 15.9. The van der Waals surface area contributed by atoms with E-state index >= 15 is 0 Å². The molecule has 130 valence electrons. The third-order valence-corrected chi connectivity index (χ3v) is 4.09. The molecule has 0 aliphatic carbocycles. The van der Waals surface area contributed by atoms with Crippen LogP contribution in [0.4, 0.5) is 11.4 Å². The van der Waals surface area contributed by atoms with Crippen molar-refractivity contribution < 1.29 is 14.3 Å². The van der Waals surface area contributed by atoms with Gasteiger partial charge in [-0.2, -0.15) is 0 Å².